The predicted molar refractivity (Wildman–Crippen MR) is 92.6 cm³/mol. The standard InChI is InChI=1S/C19H13F3N2O6/c20-19(21,22)29-12-7-5-11(6-8-12)17-23-16(30-24-17)10-27-18(25)15-9-26-13-3-1-2-4-14(13)28-15/h1-8,15H,9-10H2. The van der Waals surface area contributed by atoms with Crippen molar-refractivity contribution < 1.29 is 41.4 Å². The van der Waals surface area contributed by atoms with Crippen LogP contribution in [-0.2, 0) is 16.1 Å². The molecule has 0 fully saturated rings. The van der Waals surface area contributed by atoms with Gasteiger partial charge in [-0.2, -0.15) is 4.98 Å². The molecule has 156 valence electrons. The number of benzene rings is 2. The summed E-state index contributed by atoms with van der Waals surface area (Å²) in [5.74, 6) is 0.0495. The van der Waals surface area contributed by atoms with Gasteiger partial charge in [-0.1, -0.05) is 17.3 Å². The quantitative estimate of drug-likeness (QED) is 0.577. The Morgan fingerprint density at radius 3 is 2.57 bits per heavy atom. The second kappa shape index (κ2) is 7.93. The van der Waals surface area contributed by atoms with Gasteiger partial charge in [-0.05, 0) is 36.4 Å². The molecule has 2 heterocycles. The summed E-state index contributed by atoms with van der Waals surface area (Å²) in [6.07, 6.45) is -5.72. The van der Waals surface area contributed by atoms with Gasteiger partial charge in [0.15, 0.2) is 18.1 Å². The van der Waals surface area contributed by atoms with Crippen molar-refractivity contribution in [3.63, 3.8) is 0 Å². The maximum absolute atomic E-state index is 12.2. The van der Waals surface area contributed by atoms with Gasteiger partial charge >= 0.3 is 12.3 Å². The van der Waals surface area contributed by atoms with Crippen molar-refractivity contribution in [2.45, 2.75) is 19.1 Å². The molecule has 0 aliphatic carbocycles. The average Bonchev–Trinajstić information content (AvgIpc) is 3.20. The summed E-state index contributed by atoms with van der Waals surface area (Å²) in [4.78, 5) is 16.2. The zero-order valence-corrected chi connectivity index (χ0v) is 15.1. The topological polar surface area (TPSA) is 92.9 Å². The summed E-state index contributed by atoms with van der Waals surface area (Å²) < 4.78 is 61.5. The van der Waals surface area contributed by atoms with Gasteiger partial charge in [-0.25, -0.2) is 4.79 Å². The third-order valence-electron chi connectivity index (χ3n) is 3.92. The van der Waals surface area contributed by atoms with Crippen molar-refractivity contribution in [2.75, 3.05) is 6.61 Å². The van der Waals surface area contributed by atoms with E-state index < -0.39 is 18.4 Å². The lowest BCUT2D eigenvalue weighted by molar-refractivity contribution is -0.274. The minimum absolute atomic E-state index is 0.00270. The summed E-state index contributed by atoms with van der Waals surface area (Å²) in [5, 5.41) is 3.71. The van der Waals surface area contributed by atoms with E-state index in [2.05, 4.69) is 14.9 Å². The summed E-state index contributed by atoms with van der Waals surface area (Å²) in [6, 6.07) is 11.8. The number of halogens is 3. The fourth-order valence-corrected chi connectivity index (χ4v) is 2.60. The first-order valence-electron chi connectivity index (χ1n) is 8.61. The van der Waals surface area contributed by atoms with E-state index in [-0.39, 0.29) is 30.7 Å². The van der Waals surface area contributed by atoms with E-state index in [0.29, 0.717) is 17.1 Å². The number of fused-ring (bicyclic) bond motifs is 1. The van der Waals surface area contributed by atoms with Crippen molar-refractivity contribution in [2.24, 2.45) is 0 Å². The van der Waals surface area contributed by atoms with Crippen LogP contribution >= 0.6 is 0 Å². The Hall–Kier alpha value is -3.76. The van der Waals surface area contributed by atoms with E-state index in [4.69, 9.17) is 18.7 Å². The Labute approximate surface area is 167 Å². The highest BCUT2D eigenvalue weighted by molar-refractivity contribution is 5.76. The molecule has 1 unspecified atom stereocenters. The van der Waals surface area contributed by atoms with Crippen molar-refractivity contribution in [3.05, 3.63) is 54.4 Å². The highest BCUT2D eigenvalue weighted by Gasteiger charge is 2.31. The molecular formula is C19H13F3N2O6. The molecule has 1 aliphatic rings. The zero-order chi connectivity index (χ0) is 21.1. The molecule has 3 aromatic rings. The molecule has 0 N–H and O–H groups in total. The molecule has 0 saturated heterocycles. The molecule has 0 radical (unpaired) electrons. The lowest BCUT2D eigenvalue weighted by Gasteiger charge is -2.24. The number of nitrogens with zero attached hydrogens (tertiary/aromatic N) is 2. The average molecular weight is 422 g/mol. The fourth-order valence-electron chi connectivity index (χ4n) is 2.60. The third-order valence-corrected chi connectivity index (χ3v) is 3.92. The van der Waals surface area contributed by atoms with E-state index in [1.165, 1.54) is 12.1 Å². The molecule has 1 atom stereocenters. The lowest BCUT2D eigenvalue weighted by atomic mass is 10.2. The Morgan fingerprint density at radius 2 is 1.83 bits per heavy atom. The molecule has 30 heavy (non-hydrogen) atoms. The van der Waals surface area contributed by atoms with E-state index in [0.717, 1.165) is 12.1 Å². The van der Waals surface area contributed by atoms with Gasteiger partial charge in [0.25, 0.3) is 5.89 Å². The molecule has 1 aromatic heterocycles. The highest BCUT2D eigenvalue weighted by atomic mass is 19.4. The fraction of sp³-hybridized carbons (Fsp3) is 0.211. The first-order valence-corrected chi connectivity index (χ1v) is 8.61. The van der Waals surface area contributed by atoms with Crippen LogP contribution in [0.4, 0.5) is 13.2 Å². The lowest BCUT2D eigenvalue weighted by Crippen LogP contribution is -2.37. The van der Waals surface area contributed by atoms with Crippen LogP contribution in [0.25, 0.3) is 11.4 Å². The van der Waals surface area contributed by atoms with E-state index >= 15 is 0 Å². The summed E-state index contributed by atoms with van der Waals surface area (Å²) >= 11 is 0. The number of para-hydroxylation sites is 2. The summed E-state index contributed by atoms with van der Waals surface area (Å²) in [7, 11) is 0. The van der Waals surface area contributed by atoms with Gasteiger partial charge in [0.1, 0.15) is 12.4 Å². The van der Waals surface area contributed by atoms with Crippen LogP contribution in [0.5, 0.6) is 17.2 Å². The maximum atomic E-state index is 12.2. The first kappa shape index (κ1) is 19.6. The van der Waals surface area contributed by atoms with Gasteiger partial charge in [-0.3, -0.25) is 0 Å². The van der Waals surface area contributed by atoms with Gasteiger partial charge < -0.3 is 23.5 Å². The van der Waals surface area contributed by atoms with Crippen LogP contribution in [0.1, 0.15) is 5.89 Å². The van der Waals surface area contributed by atoms with Crippen molar-refractivity contribution in [1.29, 1.82) is 0 Å². The second-order valence-corrected chi connectivity index (χ2v) is 6.06. The molecule has 2 aromatic carbocycles. The molecule has 0 amide bonds. The molecule has 0 spiro atoms. The number of carbonyl (C=O) groups excluding carboxylic acids is 1. The molecule has 1 aliphatic heterocycles. The van der Waals surface area contributed by atoms with Crippen LogP contribution in [0, 0.1) is 0 Å². The van der Waals surface area contributed by atoms with Gasteiger partial charge in [0.05, 0.1) is 0 Å². The zero-order valence-electron chi connectivity index (χ0n) is 15.1. The minimum atomic E-state index is -4.78. The normalized spacial score (nSPS) is 15.5. The van der Waals surface area contributed by atoms with Crippen molar-refractivity contribution >= 4 is 5.97 Å². The van der Waals surface area contributed by atoms with Crippen molar-refractivity contribution in [3.8, 4) is 28.6 Å². The molecule has 0 bridgehead atoms. The van der Waals surface area contributed by atoms with Crippen LogP contribution in [-0.4, -0.2) is 35.2 Å². The largest absolute Gasteiger partial charge is 0.573 e. The van der Waals surface area contributed by atoms with Crippen molar-refractivity contribution in [1.82, 2.24) is 10.1 Å². The number of rotatable bonds is 5. The Bertz CT molecular complexity index is 1040. The van der Waals surface area contributed by atoms with Crippen LogP contribution < -0.4 is 14.2 Å². The minimum Gasteiger partial charge on any atom is -0.485 e. The summed E-state index contributed by atoms with van der Waals surface area (Å²) in [6.45, 7) is -0.306. The van der Waals surface area contributed by atoms with Crippen LogP contribution in [0.2, 0.25) is 0 Å². The monoisotopic (exact) mass is 422 g/mol. The molecule has 11 heteroatoms. The van der Waals surface area contributed by atoms with Gasteiger partial charge in [0.2, 0.25) is 11.9 Å². The second-order valence-electron chi connectivity index (χ2n) is 6.06. The number of carbonyl (C=O) groups is 1. The van der Waals surface area contributed by atoms with Crippen LogP contribution in [0.15, 0.2) is 53.1 Å². The molecule has 0 saturated carbocycles. The predicted octanol–water partition coefficient (Wildman–Crippen LogP) is 3.52. The number of hydrogen-bond donors (Lipinski definition) is 0. The Kier molecular flexibility index (Phi) is 5.17. The number of aromatic nitrogens is 2. The first-order chi connectivity index (χ1) is 14.4. The van der Waals surface area contributed by atoms with Gasteiger partial charge in [0, 0.05) is 5.56 Å². The smallest absolute Gasteiger partial charge is 0.485 e. The number of hydrogen-bond acceptors (Lipinski definition) is 8. The van der Waals surface area contributed by atoms with E-state index in [9.17, 15) is 18.0 Å². The third kappa shape index (κ3) is 4.62. The SMILES string of the molecule is O=C(OCc1nc(-c2ccc(OC(F)(F)F)cc2)no1)C1COc2ccccc2O1. The number of esters is 1. The molecule has 8 nitrogen and oxygen atoms in total. The number of alkyl halides is 3. The van der Waals surface area contributed by atoms with Crippen LogP contribution in [0.3, 0.4) is 0 Å². The number of ether oxygens (including phenoxy) is 4. The Balaban J connectivity index is 1.33. The Morgan fingerprint density at radius 1 is 1.10 bits per heavy atom. The van der Waals surface area contributed by atoms with Gasteiger partial charge in [-0.15, -0.1) is 13.2 Å². The molecular weight excluding hydrogens is 409 g/mol. The van der Waals surface area contributed by atoms with E-state index in [1.807, 2.05) is 0 Å². The molecule has 4 rings (SSSR count). The highest BCUT2D eigenvalue weighted by Crippen LogP contribution is 2.31. The maximum Gasteiger partial charge on any atom is 0.573 e. The summed E-state index contributed by atoms with van der Waals surface area (Å²) in [5.41, 5.74) is 0.395. The van der Waals surface area contributed by atoms with E-state index in [1.54, 1.807) is 24.3 Å².